The average Bonchev–Trinajstić information content (AvgIpc) is 0.708. The predicted molar refractivity (Wildman–Crippen MR) is 360 cm³/mol. The third-order valence-electron chi connectivity index (χ3n) is 16.3. The van der Waals surface area contributed by atoms with Crippen molar-refractivity contribution >= 4 is 55.2 Å². The standard InChI is InChI=1S/C68H102O23P4/c1-9-13-17-21-25-35-49-83-92(78,79)90-94(81,85-51-37-27-23-19-15-11-3)88-68(77,64(75)76)89-95(82,86-52-38-28-24-20-16-12-4)91-93(80,84-50-36-26-22-18-14-10-2)87-67(63(73)74,57-47-39-45-55(61(69)70)59(57)65(5,6)53-41-31-29-32-42-53)58-48-40-46-56(62(71)72)60(58)66(7,8)54-43-33-30-34-44-54/h29-34,39-48,77H,9-28,35-38,49-52H2,1-8H3,(H,69,70)(H,71,72)(H,73,74)(H,75,76)(H,78,79). The quantitative estimate of drug-likeness (QED) is 0.0136. The first-order valence-electron chi connectivity index (χ1n) is 33.3. The number of carbonyl (C=O) groups is 4. The molecule has 0 saturated heterocycles. The van der Waals surface area contributed by atoms with Crippen LogP contribution in [0.1, 0.15) is 264 Å². The maximum absolute atomic E-state index is 16.8. The van der Waals surface area contributed by atoms with Gasteiger partial charge in [0.05, 0.1) is 37.6 Å². The zero-order valence-electron chi connectivity index (χ0n) is 56.4. The minimum Gasteiger partial charge on any atom is -0.479 e. The zero-order chi connectivity index (χ0) is 70.4. The van der Waals surface area contributed by atoms with Gasteiger partial charge in [0.15, 0.2) is 0 Å². The summed E-state index contributed by atoms with van der Waals surface area (Å²) in [5.41, 5.74) is -8.77. The van der Waals surface area contributed by atoms with Gasteiger partial charge in [-0.15, -0.1) is 0 Å². The largest absolute Gasteiger partial charge is 0.488 e. The summed E-state index contributed by atoms with van der Waals surface area (Å²) < 4.78 is 112. The van der Waals surface area contributed by atoms with Crippen molar-refractivity contribution in [1.82, 2.24) is 0 Å². The second kappa shape index (κ2) is 39.7. The Hall–Kier alpha value is -4.76. The highest BCUT2D eigenvalue weighted by atomic mass is 31.3. The molecule has 4 rings (SSSR count). The van der Waals surface area contributed by atoms with Crippen LogP contribution in [0.4, 0.5) is 0 Å². The number of aromatic carboxylic acids is 2. The molecule has 0 amide bonds. The minimum atomic E-state index is -6.45. The molecule has 0 spiro atoms. The number of phosphoric acid groups is 4. The molecular formula is C68H102O23P4. The van der Waals surface area contributed by atoms with Gasteiger partial charge in [-0.3, -0.25) is 22.6 Å². The van der Waals surface area contributed by atoms with Crippen molar-refractivity contribution in [3.8, 4) is 0 Å². The molecule has 0 fully saturated rings. The molecular weight excluding hydrogens is 1310 g/mol. The van der Waals surface area contributed by atoms with Gasteiger partial charge >= 0.3 is 61.1 Å². The van der Waals surface area contributed by atoms with E-state index in [4.69, 9.17) is 40.3 Å². The van der Waals surface area contributed by atoms with Crippen LogP contribution in [0.5, 0.6) is 0 Å². The van der Waals surface area contributed by atoms with Gasteiger partial charge in [-0.05, 0) is 60.1 Å². The van der Waals surface area contributed by atoms with Crippen LogP contribution < -0.4 is 0 Å². The molecule has 532 valence electrons. The Labute approximate surface area is 560 Å². The Bertz CT molecular complexity index is 3120. The molecule has 5 atom stereocenters. The Kier molecular flexibility index (Phi) is 34.6. The van der Waals surface area contributed by atoms with E-state index in [9.17, 15) is 53.9 Å². The summed E-state index contributed by atoms with van der Waals surface area (Å²) in [6.45, 7) is 11.8. The molecule has 6 N–H and O–H groups in total. The van der Waals surface area contributed by atoms with Crippen molar-refractivity contribution in [2.75, 3.05) is 26.4 Å². The summed E-state index contributed by atoms with van der Waals surface area (Å²) in [5.74, 6) is -12.7. The lowest BCUT2D eigenvalue weighted by molar-refractivity contribution is -0.281. The van der Waals surface area contributed by atoms with Crippen molar-refractivity contribution in [3.05, 3.63) is 142 Å². The average molecular weight is 1410 g/mol. The minimum absolute atomic E-state index is 0.00658. The first-order valence-corrected chi connectivity index (χ1v) is 39.2. The third-order valence-corrected chi connectivity index (χ3v) is 22.9. The molecule has 0 aliphatic rings. The first-order chi connectivity index (χ1) is 45.0. The monoisotopic (exact) mass is 1410 g/mol. The molecule has 27 heteroatoms. The SMILES string of the molecule is CCCCCCCCOP(=O)(O)OP(=O)(OCCCCCCCC)OC(O)(OP(=O)(OCCCCCCCC)OP(=O)(OCCCCCCCC)OC(C(=O)O)(c1cccc(C(=O)O)c1C(C)(C)c1ccccc1)c1cccc(C(=O)O)c1C(C)(C)c1ccccc1)C(=O)O. The highest BCUT2D eigenvalue weighted by molar-refractivity contribution is 7.62. The van der Waals surface area contributed by atoms with Crippen molar-refractivity contribution in [1.29, 1.82) is 0 Å². The van der Waals surface area contributed by atoms with Gasteiger partial charge in [0.25, 0.3) is 0 Å². The summed E-state index contributed by atoms with van der Waals surface area (Å²) >= 11 is 0. The maximum atomic E-state index is 16.8. The Morgan fingerprint density at radius 3 is 1.00 bits per heavy atom. The highest BCUT2D eigenvalue weighted by Gasteiger charge is 2.61. The molecule has 0 aliphatic heterocycles. The lowest BCUT2D eigenvalue weighted by Gasteiger charge is -2.41. The summed E-state index contributed by atoms with van der Waals surface area (Å²) in [4.78, 5) is 67.7. The van der Waals surface area contributed by atoms with Crippen LogP contribution in [0.25, 0.3) is 0 Å². The maximum Gasteiger partial charge on any atom is 0.488 e. The van der Waals surface area contributed by atoms with E-state index >= 15 is 13.9 Å². The van der Waals surface area contributed by atoms with Crippen LogP contribution in [-0.2, 0) is 84.6 Å². The number of carboxylic acid groups (broad SMARTS) is 4. The van der Waals surface area contributed by atoms with E-state index in [0.717, 1.165) is 95.6 Å². The Balaban J connectivity index is 2.17. The fraction of sp³-hybridized carbons (Fsp3) is 0.588. The normalized spacial score (nSPS) is 15.4. The number of unbranched alkanes of at least 4 members (excludes halogenated alkanes) is 20. The van der Waals surface area contributed by atoms with Gasteiger partial charge in [-0.25, -0.2) is 46.5 Å². The molecule has 0 bridgehead atoms. The number of rotatable bonds is 52. The second-order valence-electron chi connectivity index (χ2n) is 24.6. The summed E-state index contributed by atoms with van der Waals surface area (Å²) in [6, 6.07) is 23.6. The van der Waals surface area contributed by atoms with E-state index in [1.165, 1.54) is 24.3 Å². The van der Waals surface area contributed by atoms with Crippen LogP contribution in [0.15, 0.2) is 97.1 Å². The number of hydrogen-bond acceptors (Lipinski definition) is 18. The number of hydrogen-bond donors (Lipinski definition) is 6. The number of aliphatic carboxylic acids is 2. The van der Waals surface area contributed by atoms with Crippen molar-refractivity contribution in [2.24, 2.45) is 0 Å². The van der Waals surface area contributed by atoms with Crippen molar-refractivity contribution in [3.63, 3.8) is 0 Å². The zero-order valence-corrected chi connectivity index (χ0v) is 60.0. The number of carboxylic acids is 4. The van der Waals surface area contributed by atoms with Crippen LogP contribution in [-0.4, -0.2) is 86.7 Å². The molecule has 4 aromatic rings. The summed E-state index contributed by atoms with van der Waals surface area (Å²) in [5, 5.41) is 58.0. The predicted octanol–water partition coefficient (Wildman–Crippen LogP) is 18.8. The van der Waals surface area contributed by atoms with Gasteiger partial charge in [0.2, 0.25) is 5.60 Å². The molecule has 0 heterocycles. The van der Waals surface area contributed by atoms with Crippen molar-refractivity contribution in [2.45, 2.75) is 232 Å². The lowest BCUT2D eigenvalue weighted by Crippen LogP contribution is -2.45. The van der Waals surface area contributed by atoms with Gasteiger partial charge in [0, 0.05) is 22.0 Å². The van der Waals surface area contributed by atoms with Crippen LogP contribution in [0, 0.1) is 0 Å². The Morgan fingerprint density at radius 1 is 0.379 bits per heavy atom. The van der Waals surface area contributed by atoms with E-state index < -0.39 is 126 Å². The van der Waals surface area contributed by atoms with E-state index in [2.05, 4.69) is 0 Å². The topological polar surface area (TPSA) is 341 Å². The van der Waals surface area contributed by atoms with E-state index in [-0.39, 0.29) is 36.8 Å². The summed E-state index contributed by atoms with van der Waals surface area (Å²) in [6.07, 6.45) is 14.8. The number of phosphoric ester groups is 4. The van der Waals surface area contributed by atoms with E-state index in [0.29, 0.717) is 56.1 Å². The molecule has 23 nitrogen and oxygen atoms in total. The van der Waals surface area contributed by atoms with E-state index in [1.807, 2.05) is 27.7 Å². The lowest BCUT2D eigenvalue weighted by atomic mass is 9.66. The number of benzene rings is 4. The summed E-state index contributed by atoms with van der Waals surface area (Å²) in [7, 11) is -24.5. The highest BCUT2D eigenvalue weighted by Crippen LogP contribution is 2.72. The van der Waals surface area contributed by atoms with Crippen LogP contribution in [0.2, 0.25) is 0 Å². The van der Waals surface area contributed by atoms with Gasteiger partial charge in [-0.2, -0.15) is 8.62 Å². The van der Waals surface area contributed by atoms with Crippen molar-refractivity contribution < 1.29 is 108 Å². The van der Waals surface area contributed by atoms with Crippen LogP contribution >= 0.6 is 31.3 Å². The molecule has 95 heavy (non-hydrogen) atoms. The Morgan fingerprint density at radius 2 is 0.684 bits per heavy atom. The van der Waals surface area contributed by atoms with E-state index in [1.54, 1.807) is 88.4 Å². The molecule has 5 unspecified atom stereocenters. The fourth-order valence-electron chi connectivity index (χ4n) is 11.2. The molecule has 0 radical (unpaired) electrons. The van der Waals surface area contributed by atoms with Gasteiger partial charge < -0.3 is 30.4 Å². The smallest absolute Gasteiger partial charge is 0.479 e. The molecule has 0 saturated carbocycles. The molecule has 4 aromatic carbocycles. The van der Waals surface area contributed by atoms with Crippen LogP contribution in [0.3, 0.4) is 0 Å². The molecule has 0 aromatic heterocycles. The van der Waals surface area contributed by atoms with Gasteiger partial charge in [0.1, 0.15) is 0 Å². The second-order valence-corrected chi connectivity index (χ2v) is 31.1. The number of aliphatic hydroxyl groups is 1. The molecule has 0 aliphatic carbocycles. The third kappa shape index (κ3) is 24.9. The van der Waals surface area contributed by atoms with Gasteiger partial charge in [-0.1, -0.05) is 269 Å². The first kappa shape index (κ1) is 82.7. The fourth-order valence-corrected chi connectivity index (χ4v) is 17.4.